The van der Waals surface area contributed by atoms with Gasteiger partial charge in [-0.25, -0.2) is 0 Å². The molecule has 0 aliphatic carbocycles. The highest BCUT2D eigenvalue weighted by molar-refractivity contribution is 9.10. The largest absolute Gasteiger partial charge is 0.455 e. The minimum absolute atomic E-state index is 0.126. The van der Waals surface area contributed by atoms with Gasteiger partial charge in [-0.05, 0) is 41.8 Å². The minimum atomic E-state index is -0.446. The lowest BCUT2D eigenvalue weighted by Crippen LogP contribution is -2.30. The predicted molar refractivity (Wildman–Crippen MR) is 102 cm³/mol. The van der Waals surface area contributed by atoms with Gasteiger partial charge < -0.3 is 10.1 Å². The monoisotopic (exact) mass is 443 g/mol. The van der Waals surface area contributed by atoms with E-state index in [1.807, 2.05) is 30.3 Å². The maximum Gasteiger partial charge on any atom is 0.310 e. The van der Waals surface area contributed by atoms with Crippen LogP contribution in [0.3, 0.4) is 0 Å². The molecule has 1 N–H and O–H groups in total. The lowest BCUT2D eigenvalue weighted by atomic mass is 10.1. The fraction of sp³-hybridized carbons (Fsp3) is 0.222. The molecule has 0 saturated heterocycles. The molecule has 0 fully saturated rings. The van der Waals surface area contributed by atoms with Crippen LogP contribution in [-0.2, 0) is 27.2 Å². The lowest BCUT2D eigenvalue weighted by molar-refractivity contribution is -0.147. The Kier molecular flexibility index (Phi) is 7.75. The van der Waals surface area contributed by atoms with Gasteiger partial charge in [0, 0.05) is 21.1 Å². The Hall–Kier alpha value is -1.56. The van der Waals surface area contributed by atoms with E-state index in [4.69, 9.17) is 27.9 Å². The highest BCUT2D eigenvalue weighted by atomic mass is 79.9. The van der Waals surface area contributed by atoms with Crippen LogP contribution >= 0.6 is 39.1 Å². The smallest absolute Gasteiger partial charge is 0.310 e. The van der Waals surface area contributed by atoms with Crippen LogP contribution in [0.4, 0.5) is 0 Å². The zero-order valence-electron chi connectivity index (χ0n) is 13.2. The Morgan fingerprint density at radius 1 is 1.08 bits per heavy atom. The Morgan fingerprint density at radius 2 is 1.80 bits per heavy atom. The molecule has 0 atom stereocenters. The highest BCUT2D eigenvalue weighted by Gasteiger charge is 2.09. The fourth-order valence-electron chi connectivity index (χ4n) is 2.08. The average molecular weight is 445 g/mol. The molecule has 25 heavy (non-hydrogen) atoms. The number of ether oxygens (including phenoxy) is 1. The number of carbonyl (C=O) groups is 2. The van der Waals surface area contributed by atoms with Crippen LogP contribution in [0.5, 0.6) is 0 Å². The van der Waals surface area contributed by atoms with E-state index < -0.39 is 5.97 Å². The van der Waals surface area contributed by atoms with E-state index in [0.717, 1.165) is 15.6 Å². The molecule has 2 rings (SSSR count). The van der Waals surface area contributed by atoms with Crippen LogP contribution in [0.2, 0.25) is 10.0 Å². The summed E-state index contributed by atoms with van der Waals surface area (Å²) >= 11 is 15.2. The maximum absolute atomic E-state index is 11.7. The Balaban J connectivity index is 1.68. The first-order valence-electron chi connectivity index (χ1n) is 7.55. The quantitative estimate of drug-likeness (QED) is 0.651. The SMILES string of the molecule is O=C(COC(=O)Cc1ccc(Br)cc1)NCCc1ccc(Cl)cc1Cl. The van der Waals surface area contributed by atoms with Gasteiger partial charge in [0.15, 0.2) is 6.61 Å². The van der Waals surface area contributed by atoms with Crippen molar-refractivity contribution in [2.75, 3.05) is 13.2 Å². The standard InChI is InChI=1S/C18H16BrCl2NO3/c19-14-4-1-12(2-5-14)9-18(24)25-11-17(23)22-8-7-13-3-6-15(20)10-16(13)21/h1-6,10H,7-9,11H2,(H,22,23). The molecule has 0 radical (unpaired) electrons. The number of esters is 1. The zero-order valence-corrected chi connectivity index (χ0v) is 16.3. The van der Waals surface area contributed by atoms with Crippen molar-refractivity contribution in [2.24, 2.45) is 0 Å². The van der Waals surface area contributed by atoms with Gasteiger partial charge in [-0.15, -0.1) is 0 Å². The van der Waals surface area contributed by atoms with Crippen LogP contribution in [0.25, 0.3) is 0 Å². The van der Waals surface area contributed by atoms with E-state index in [2.05, 4.69) is 21.2 Å². The van der Waals surface area contributed by atoms with Gasteiger partial charge in [0.05, 0.1) is 6.42 Å². The van der Waals surface area contributed by atoms with E-state index in [-0.39, 0.29) is 18.9 Å². The van der Waals surface area contributed by atoms with E-state index in [1.165, 1.54) is 0 Å². The predicted octanol–water partition coefficient (Wildman–Crippen LogP) is 4.20. The van der Waals surface area contributed by atoms with Crippen molar-refractivity contribution in [1.29, 1.82) is 0 Å². The Labute approximate surface area is 164 Å². The van der Waals surface area contributed by atoms with Crippen molar-refractivity contribution in [3.63, 3.8) is 0 Å². The summed E-state index contributed by atoms with van der Waals surface area (Å²) in [5, 5.41) is 3.81. The molecule has 0 heterocycles. The lowest BCUT2D eigenvalue weighted by Gasteiger charge is -2.08. The van der Waals surface area contributed by atoms with E-state index >= 15 is 0 Å². The number of halogens is 3. The summed E-state index contributed by atoms with van der Waals surface area (Å²) in [5.41, 5.74) is 1.71. The Morgan fingerprint density at radius 3 is 2.48 bits per heavy atom. The van der Waals surface area contributed by atoms with Gasteiger partial charge in [0.25, 0.3) is 5.91 Å². The van der Waals surface area contributed by atoms with Crippen LogP contribution < -0.4 is 5.32 Å². The van der Waals surface area contributed by atoms with Crippen molar-refractivity contribution < 1.29 is 14.3 Å². The number of rotatable bonds is 7. The van der Waals surface area contributed by atoms with Crippen molar-refractivity contribution in [1.82, 2.24) is 5.32 Å². The van der Waals surface area contributed by atoms with Crippen molar-refractivity contribution in [3.8, 4) is 0 Å². The molecule has 0 bridgehead atoms. The second kappa shape index (κ2) is 9.80. The first-order valence-corrected chi connectivity index (χ1v) is 9.09. The first-order chi connectivity index (χ1) is 11.9. The molecule has 4 nitrogen and oxygen atoms in total. The molecule has 0 aliphatic rings. The molecule has 0 aliphatic heterocycles. The molecule has 7 heteroatoms. The van der Waals surface area contributed by atoms with E-state index in [1.54, 1.807) is 12.1 Å². The van der Waals surface area contributed by atoms with E-state index in [9.17, 15) is 9.59 Å². The molecule has 0 aromatic heterocycles. The van der Waals surface area contributed by atoms with Gasteiger partial charge in [-0.1, -0.05) is 57.3 Å². The molecule has 132 valence electrons. The van der Waals surface area contributed by atoms with Gasteiger partial charge in [-0.3, -0.25) is 9.59 Å². The third kappa shape index (κ3) is 7.06. The third-order valence-corrected chi connectivity index (χ3v) is 4.47. The molecular weight excluding hydrogens is 429 g/mol. The van der Waals surface area contributed by atoms with Crippen molar-refractivity contribution in [3.05, 3.63) is 68.1 Å². The molecule has 1 amide bonds. The van der Waals surface area contributed by atoms with Crippen LogP contribution in [0.15, 0.2) is 46.9 Å². The average Bonchev–Trinajstić information content (AvgIpc) is 2.57. The summed E-state index contributed by atoms with van der Waals surface area (Å²) in [5.74, 6) is -0.799. The number of nitrogens with one attached hydrogen (secondary N) is 1. The number of carbonyl (C=O) groups excluding carboxylic acids is 2. The van der Waals surface area contributed by atoms with Crippen LogP contribution in [0.1, 0.15) is 11.1 Å². The zero-order chi connectivity index (χ0) is 18.2. The van der Waals surface area contributed by atoms with Crippen molar-refractivity contribution >= 4 is 51.0 Å². The summed E-state index contributed by atoms with van der Waals surface area (Å²) in [6.45, 7) is 0.0914. The van der Waals surface area contributed by atoms with Crippen LogP contribution in [-0.4, -0.2) is 25.0 Å². The Bertz CT molecular complexity index is 750. The molecule has 0 unspecified atom stereocenters. The molecular formula is C18H16BrCl2NO3. The normalized spacial score (nSPS) is 10.4. The topological polar surface area (TPSA) is 55.4 Å². The summed E-state index contributed by atoms with van der Waals surface area (Å²) < 4.78 is 5.91. The number of amides is 1. The summed E-state index contributed by atoms with van der Waals surface area (Å²) in [6, 6.07) is 12.5. The number of hydrogen-bond donors (Lipinski definition) is 1. The van der Waals surface area contributed by atoms with Crippen LogP contribution in [0, 0.1) is 0 Å². The molecule has 0 spiro atoms. The molecule has 0 saturated carbocycles. The summed E-state index contributed by atoms with van der Waals surface area (Å²) in [6.07, 6.45) is 0.690. The fourth-order valence-corrected chi connectivity index (χ4v) is 2.85. The highest BCUT2D eigenvalue weighted by Crippen LogP contribution is 2.21. The second-order valence-electron chi connectivity index (χ2n) is 5.30. The number of hydrogen-bond acceptors (Lipinski definition) is 3. The number of benzene rings is 2. The summed E-state index contributed by atoms with van der Waals surface area (Å²) in [4.78, 5) is 23.5. The first kappa shape index (κ1) is 19.8. The van der Waals surface area contributed by atoms with Gasteiger partial charge >= 0.3 is 5.97 Å². The van der Waals surface area contributed by atoms with Gasteiger partial charge in [0.2, 0.25) is 0 Å². The van der Waals surface area contributed by atoms with Gasteiger partial charge in [-0.2, -0.15) is 0 Å². The third-order valence-electron chi connectivity index (χ3n) is 3.36. The van der Waals surface area contributed by atoms with Crippen molar-refractivity contribution in [2.45, 2.75) is 12.8 Å². The van der Waals surface area contributed by atoms with E-state index in [0.29, 0.717) is 23.0 Å². The minimum Gasteiger partial charge on any atom is -0.455 e. The molecule has 2 aromatic rings. The maximum atomic E-state index is 11.7. The van der Waals surface area contributed by atoms with Gasteiger partial charge in [0.1, 0.15) is 0 Å². The molecule has 2 aromatic carbocycles. The summed E-state index contributed by atoms with van der Waals surface area (Å²) in [7, 11) is 0. The second-order valence-corrected chi connectivity index (χ2v) is 7.06.